The molecule has 0 saturated heterocycles. The number of aromatic nitrogens is 1. The maximum atomic E-state index is 12.6. The highest BCUT2D eigenvalue weighted by molar-refractivity contribution is 6.32. The number of halogens is 3. The number of hydrogen-bond donors (Lipinski definition) is 1. The first-order valence-electron chi connectivity index (χ1n) is 4.04. The standard InChI is InChI=1S/C9H5ClF2N2O2/c10-8-5(1-6(15)16)14-3-4(2-13)7(8)9(11)12/h3,9H,1H2,(H,15,16). The van der Waals surface area contributed by atoms with Crippen molar-refractivity contribution in [3.63, 3.8) is 0 Å². The lowest BCUT2D eigenvalue weighted by molar-refractivity contribution is -0.136. The number of carboxylic acids is 1. The van der Waals surface area contributed by atoms with Crippen molar-refractivity contribution in [1.82, 2.24) is 4.98 Å². The molecule has 1 aromatic heterocycles. The number of pyridine rings is 1. The molecule has 16 heavy (non-hydrogen) atoms. The molecule has 0 aliphatic rings. The maximum absolute atomic E-state index is 12.6. The molecule has 0 saturated carbocycles. The van der Waals surface area contributed by atoms with Gasteiger partial charge in [0, 0.05) is 6.20 Å². The number of alkyl halides is 2. The van der Waals surface area contributed by atoms with E-state index in [1.165, 1.54) is 6.07 Å². The Bertz CT molecular complexity index is 471. The topological polar surface area (TPSA) is 74.0 Å². The minimum absolute atomic E-state index is 0.177. The van der Waals surface area contributed by atoms with E-state index in [0.717, 1.165) is 6.20 Å². The summed E-state index contributed by atoms with van der Waals surface area (Å²) in [6, 6.07) is 1.52. The molecule has 0 bridgehead atoms. The molecule has 0 atom stereocenters. The number of aliphatic carboxylic acids is 1. The predicted octanol–water partition coefficient (Wildman–Crippen LogP) is 2.17. The molecule has 0 amide bonds. The second-order valence-electron chi connectivity index (χ2n) is 2.83. The summed E-state index contributed by atoms with van der Waals surface area (Å²) in [6.07, 6.45) is -2.62. The van der Waals surface area contributed by atoms with Gasteiger partial charge >= 0.3 is 5.97 Å². The largest absolute Gasteiger partial charge is 0.481 e. The van der Waals surface area contributed by atoms with Crippen molar-refractivity contribution in [3.8, 4) is 6.07 Å². The number of nitrogens with zero attached hydrogens (tertiary/aromatic N) is 2. The normalized spacial score (nSPS) is 10.2. The lowest BCUT2D eigenvalue weighted by Gasteiger charge is -2.08. The average Bonchev–Trinajstić information content (AvgIpc) is 2.19. The molecule has 1 heterocycles. The molecule has 84 valence electrons. The molecule has 0 fully saturated rings. The number of carbonyl (C=O) groups is 1. The first kappa shape index (κ1) is 12.3. The van der Waals surface area contributed by atoms with Crippen molar-refractivity contribution in [3.05, 3.63) is 28.0 Å². The van der Waals surface area contributed by atoms with E-state index < -0.39 is 29.4 Å². The van der Waals surface area contributed by atoms with Crippen molar-refractivity contribution in [1.29, 1.82) is 5.26 Å². The van der Waals surface area contributed by atoms with Gasteiger partial charge in [-0.1, -0.05) is 11.6 Å². The quantitative estimate of drug-likeness (QED) is 0.887. The van der Waals surface area contributed by atoms with E-state index in [1.807, 2.05) is 0 Å². The van der Waals surface area contributed by atoms with Gasteiger partial charge in [0.1, 0.15) is 6.07 Å². The Hall–Kier alpha value is -1.74. The van der Waals surface area contributed by atoms with Crippen LogP contribution >= 0.6 is 11.6 Å². The molecular formula is C9H5ClF2N2O2. The minimum Gasteiger partial charge on any atom is -0.481 e. The van der Waals surface area contributed by atoms with Gasteiger partial charge in [-0.15, -0.1) is 0 Å². The van der Waals surface area contributed by atoms with Crippen LogP contribution in [0.25, 0.3) is 0 Å². The van der Waals surface area contributed by atoms with Gasteiger partial charge in [0.05, 0.1) is 28.3 Å². The van der Waals surface area contributed by atoms with Crippen LogP contribution in [0.2, 0.25) is 5.02 Å². The molecule has 4 nitrogen and oxygen atoms in total. The number of hydrogen-bond acceptors (Lipinski definition) is 3. The van der Waals surface area contributed by atoms with Crippen molar-refractivity contribution in [2.24, 2.45) is 0 Å². The van der Waals surface area contributed by atoms with E-state index in [-0.39, 0.29) is 11.3 Å². The summed E-state index contributed by atoms with van der Waals surface area (Å²) in [5, 5.41) is 16.6. The van der Waals surface area contributed by atoms with Crippen LogP contribution in [0.4, 0.5) is 8.78 Å². The lowest BCUT2D eigenvalue weighted by atomic mass is 10.1. The van der Waals surface area contributed by atoms with Crippen LogP contribution in [0.3, 0.4) is 0 Å². The third-order valence-electron chi connectivity index (χ3n) is 1.79. The van der Waals surface area contributed by atoms with Crippen LogP contribution in [0.15, 0.2) is 6.20 Å². The van der Waals surface area contributed by atoms with Gasteiger partial charge in [-0.3, -0.25) is 9.78 Å². The fourth-order valence-electron chi connectivity index (χ4n) is 1.11. The summed E-state index contributed by atoms with van der Waals surface area (Å²) >= 11 is 5.57. The molecule has 0 unspecified atom stereocenters. The monoisotopic (exact) mass is 246 g/mol. The molecule has 1 aromatic rings. The van der Waals surface area contributed by atoms with Crippen LogP contribution in [-0.4, -0.2) is 16.1 Å². The fraction of sp³-hybridized carbons (Fsp3) is 0.222. The van der Waals surface area contributed by atoms with E-state index >= 15 is 0 Å². The molecule has 0 aliphatic heterocycles. The van der Waals surface area contributed by atoms with Crippen LogP contribution in [0.1, 0.15) is 23.2 Å². The van der Waals surface area contributed by atoms with E-state index in [0.29, 0.717) is 0 Å². The Kier molecular flexibility index (Phi) is 3.74. The van der Waals surface area contributed by atoms with Gasteiger partial charge in [0.2, 0.25) is 0 Å². The SMILES string of the molecule is N#Cc1cnc(CC(=O)O)c(Cl)c1C(F)F. The molecule has 1 N–H and O–H groups in total. The predicted molar refractivity (Wildman–Crippen MR) is 50.3 cm³/mol. The van der Waals surface area contributed by atoms with Crippen LogP contribution in [0.5, 0.6) is 0 Å². The lowest BCUT2D eigenvalue weighted by Crippen LogP contribution is -2.06. The summed E-state index contributed by atoms with van der Waals surface area (Å²) in [6.45, 7) is 0. The highest BCUT2D eigenvalue weighted by atomic mass is 35.5. The summed E-state index contributed by atoms with van der Waals surface area (Å²) in [5.74, 6) is -1.24. The zero-order chi connectivity index (χ0) is 12.3. The van der Waals surface area contributed by atoms with Crippen LogP contribution < -0.4 is 0 Å². The molecule has 0 aliphatic carbocycles. The highest BCUT2D eigenvalue weighted by Crippen LogP contribution is 2.31. The van der Waals surface area contributed by atoms with Gasteiger partial charge in [-0.25, -0.2) is 8.78 Å². The van der Waals surface area contributed by atoms with Crippen molar-refractivity contribution in [2.75, 3.05) is 0 Å². The van der Waals surface area contributed by atoms with Crippen molar-refractivity contribution in [2.45, 2.75) is 12.8 Å². The first-order valence-corrected chi connectivity index (χ1v) is 4.42. The Morgan fingerprint density at radius 1 is 1.69 bits per heavy atom. The molecule has 1 rings (SSSR count). The molecule has 0 radical (unpaired) electrons. The van der Waals surface area contributed by atoms with Gasteiger partial charge in [0.15, 0.2) is 0 Å². The summed E-state index contributed by atoms with van der Waals surface area (Å²) in [7, 11) is 0. The zero-order valence-electron chi connectivity index (χ0n) is 7.75. The van der Waals surface area contributed by atoms with Crippen molar-refractivity contribution < 1.29 is 18.7 Å². The van der Waals surface area contributed by atoms with E-state index in [1.54, 1.807) is 0 Å². The highest BCUT2D eigenvalue weighted by Gasteiger charge is 2.21. The van der Waals surface area contributed by atoms with E-state index in [4.69, 9.17) is 22.0 Å². The van der Waals surface area contributed by atoms with Gasteiger partial charge in [-0.2, -0.15) is 5.26 Å². The summed E-state index contributed by atoms with van der Waals surface area (Å²) in [4.78, 5) is 14.0. The number of nitriles is 1. The minimum atomic E-state index is -2.95. The van der Waals surface area contributed by atoms with E-state index in [2.05, 4.69) is 4.98 Å². The molecule has 7 heteroatoms. The first-order chi connectivity index (χ1) is 7.47. The van der Waals surface area contributed by atoms with Gasteiger partial charge < -0.3 is 5.11 Å². The Morgan fingerprint density at radius 2 is 2.31 bits per heavy atom. The average molecular weight is 247 g/mol. The number of carboxylic acid groups (broad SMARTS) is 1. The second kappa shape index (κ2) is 4.86. The number of rotatable bonds is 3. The smallest absolute Gasteiger partial charge is 0.309 e. The van der Waals surface area contributed by atoms with Crippen molar-refractivity contribution >= 4 is 17.6 Å². The Labute approximate surface area is 94.1 Å². The summed E-state index contributed by atoms with van der Waals surface area (Å²) in [5.41, 5.74) is -1.20. The third kappa shape index (κ3) is 2.44. The third-order valence-corrected chi connectivity index (χ3v) is 2.21. The molecular weight excluding hydrogens is 242 g/mol. The van der Waals surface area contributed by atoms with Crippen LogP contribution in [0, 0.1) is 11.3 Å². The zero-order valence-corrected chi connectivity index (χ0v) is 8.50. The van der Waals surface area contributed by atoms with Crippen LogP contribution in [-0.2, 0) is 11.2 Å². The maximum Gasteiger partial charge on any atom is 0.309 e. The second-order valence-corrected chi connectivity index (χ2v) is 3.21. The van der Waals surface area contributed by atoms with Gasteiger partial charge in [-0.05, 0) is 0 Å². The van der Waals surface area contributed by atoms with E-state index in [9.17, 15) is 13.6 Å². The Morgan fingerprint density at radius 3 is 2.75 bits per heavy atom. The Balaban J connectivity index is 3.33. The fourth-order valence-corrected chi connectivity index (χ4v) is 1.41. The summed E-state index contributed by atoms with van der Waals surface area (Å²) < 4.78 is 25.2. The van der Waals surface area contributed by atoms with Gasteiger partial charge in [0.25, 0.3) is 6.43 Å². The molecule has 0 spiro atoms. The molecule has 0 aromatic carbocycles.